The van der Waals surface area contributed by atoms with Crippen molar-refractivity contribution in [2.24, 2.45) is 0 Å². The maximum Gasteiger partial charge on any atom is 0.270 e. The maximum atomic E-state index is 10.9. The van der Waals surface area contributed by atoms with E-state index in [0.717, 1.165) is 5.56 Å². The van der Waals surface area contributed by atoms with Crippen LogP contribution in [0.15, 0.2) is 18.2 Å². The second-order valence-corrected chi connectivity index (χ2v) is 4.60. The van der Waals surface area contributed by atoms with Crippen LogP contribution in [0, 0.1) is 10.1 Å². The van der Waals surface area contributed by atoms with Crippen molar-refractivity contribution < 1.29 is 19.1 Å². The van der Waals surface area contributed by atoms with E-state index in [1.165, 1.54) is 12.1 Å². The van der Waals surface area contributed by atoms with Gasteiger partial charge in [-0.3, -0.25) is 10.1 Å². The van der Waals surface area contributed by atoms with Gasteiger partial charge < -0.3 is 19.5 Å². The summed E-state index contributed by atoms with van der Waals surface area (Å²) >= 11 is 0. The van der Waals surface area contributed by atoms with Crippen molar-refractivity contribution >= 4 is 5.69 Å². The molecule has 7 nitrogen and oxygen atoms in total. The number of non-ortho nitro benzene ring substituents is 1. The molecule has 0 amide bonds. The third-order valence-electron chi connectivity index (χ3n) is 2.78. The molecule has 1 aromatic carbocycles. The Morgan fingerprint density at radius 3 is 2.71 bits per heavy atom. The number of nitrogens with one attached hydrogen (secondary N) is 1. The van der Waals surface area contributed by atoms with Crippen LogP contribution in [0.3, 0.4) is 0 Å². The molecule has 0 heterocycles. The monoisotopic (exact) mass is 298 g/mol. The number of hydrogen-bond donors (Lipinski definition) is 1. The second-order valence-electron chi connectivity index (χ2n) is 4.60. The molecular formula is C14H22N2O5. The minimum Gasteiger partial charge on any atom is -0.488 e. The summed E-state index contributed by atoms with van der Waals surface area (Å²) in [6.07, 6.45) is -0.130. The summed E-state index contributed by atoms with van der Waals surface area (Å²) in [5.74, 6) is 0.620. The predicted molar refractivity (Wildman–Crippen MR) is 78.6 cm³/mol. The van der Waals surface area contributed by atoms with Crippen molar-refractivity contribution in [3.8, 4) is 5.75 Å². The summed E-state index contributed by atoms with van der Waals surface area (Å²) in [5.41, 5.74) is 0.786. The van der Waals surface area contributed by atoms with Gasteiger partial charge in [0.25, 0.3) is 5.69 Å². The Balaban J connectivity index is 2.81. The molecule has 0 aromatic heterocycles. The Bertz CT molecular complexity index is 453. The van der Waals surface area contributed by atoms with Gasteiger partial charge in [-0.2, -0.15) is 0 Å². The van der Waals surface area contributed by atoms with E-state index in [1.807, 2.05) is 6.92 Å². The van der Waals surface area contributed by atoms with Crippen LogP contribution >= 0.6 is 0 Å². The molecule has 0 fully saturated rings. The number of hydrogen-bond acceptors (Lipinski definition) is 6. The van der Waals surface area contributed by atoms with E-state index in [4.69, 9.17) is 14.2 Å². The third-order valence-corrected chi connectivity index (χ3v) is 2.78. The van der Waals surface area contributed by atoms with Crippen LogP contribution in [0.4, 0.5) is 5.69 Å². The SMILES string of the molecule is COCCNCc1cc([N+](=O)[O-])ccc1OC(C)COC. The van der Waals surface area contributed by atoms with Crippen LogP contribution in [0.1, 0.15) is 12.5 Å². The maximum absolute atomic E-state index is 10.9. The number of benzene rings is 1. The van der Waals surface area contributed by atoms with E-state index >= 15 is 0 Å². The number of methoxy groups -OCH3 is 2. The Morgan fingerprint density at radius 1 is 1.33 bits per heavy atom. The molecule has 7 heteroatoms. The lowest BCUT2D eigenvalue weighted by Crippen LogP contribution is -2.22. The van der Waals surface area contributed by atoms with Gasteiger partial charge in [-0.25, -0.2) is 0 Å². The van der Waals surface area contributed by atoms with Gasteiger partial charge in [0.05, 0.1) is 18.1 Å². The molecule has 21 heavy (non-hydrogen) atoms. The lowest BCUT2D eigenvalue weighted by molar-refractivity contribution is -0.384. The van der Waals surface area contributed by atoms with Gasteiger partial charge in [0.15, 0.2) is 0 Å². The highest BCUT2D eigenvalue weighted by molar-refractivity contribution is 5.43. The highest BCUT2D eigenvalue weighted by Crippen LogP contribution is 2.25. The standard InChI is InChI=1S/C14H22N2O5/c1-11(10-20-3)21-14-5-4-13(16(17)18)8-12(14)9-15-6-7-19-2/h4-5,8,11,15H,6-7,9-10H2,1-3H3. The van der Waals surface area contributed by atoms with Crippen molar-refractivity contribution in [1.82, 2.24) is 5.32 Å². The fourth-order valence-electron chi connectivity index (χ4n) is 1.82. The lowest BCUT2D eigenvalue weighted by atomic mass is 10.1. The minimum absolute atomic E-state index is 0.0466. The van der Waals surface area contributed by atoms with Crippen molar-refractivity contribution in [1.29, 1.82) is 0 Å². The second kappa shape index (κ2) is 9.28. The first-order valence-corrected chi connectivity index (χ1v) is 6.71. The van der Waals surface area contributed by atoms with Crippen molar-refractivity contribution in [2.75, 3.05) is 34.0 Å². The summed E-state index contributed by atoms with van der Waals surface area (Å²) in [6, 6.07) is 4.58. The molecular weight excluding hydrogens is 276 g/mol. The fraction of sp³-hybridized carbons (Fsp3) is 0.571. The molecule has 0 saturated carbocycles. The first kappa shape index (κ1) is 17.4. The van der Waals surface area contributed by atoms with E-state index in [2.05, 4.69) is 5.32 Å². The fourth-order valence-corrected chi connectivity index (χ4v) is 1.82. The molecule has 0 aliphatic carbocycles. The molecule has 1 aromatic rings. The van der Waals surface area contributed by atoms with Gasteiger partial charge in [0, 0.05) is 45.0 Å². The van der Waals surface area contributed by atoms with Gasteiger partial charge in [-0.1, -0.05) is 0 Å². The van der Waals surface area contributed by atoms with Gasteiger partial charge >= 0.3 is 0 Å². The number of nitro benzene ring substituents is 1. The highest BCUT2D eigenvalue weighted by Gasteiger charge is 2.13. The zero-order valence-corrected chi connectivity index (χ0v) is 12.6. The number of nitro groups is 1. The zero-order chi connectivity index (χ0) is 15.7. The summed E-state index contributed by atoms with van der Waals surface area (Å²) < 4.78 is 15.7. The molecule has 0 aliphatic heterocycles. The molecule has 1 unspecified atom stereocenters. The van der Waals surface area contributed by atoms with Crippen LogP contribution in [0.5, 0.6) is 5.75 Å². The normalized spacial score (nSPS) is 12.1. The molecule has 0 aliphatic rings. The van der Waals surface area contributed by atoms with Gasteiger partial charge in [0.2, 0.25) is 0 Å². The van der Waals surface area contributed by atoms with E-state index in [-0.39, 0.29) is 11.8 Å². The van der Waals surface area contributed by atoms with Crippen LogP contribution in [-0.4, -0.2) is 45.0 Å². The predicted octanol–water partition coefficient (Wildman–Crippen LogP) is 1.74. The molecule has 0 saturated heterocycles. The third kappa shape index (κ3) is 6.07. The van der Waals surface area contributed by atoms with Crippen LogP contribution in [0.2, 0.25) is 0 Å². The molecule has 0 bridgehead atoms. The van der Waals surface area contributed by atoms with Crippen molar-refractivity contribution in [2.45, 2.75) is 19.6 Å². The average molecular weight is 298 g/mol. The summed E-state index contributed by atoms with van der Waals surface area (Å²) in [7, 11) is 3.22. The molecule has 118 valence electrons. The largest absolute Gasteiger partial charge is 0.488 e. The van der Waals surface area contributed by atoms with Crippen molar-refractivity contribution in [3.63, 3.8) is 0 Å². The van der Waals surface area contributed by atoms with Crippen LogP contribution < -0.4 is 10.1 Å². The molecule has 0 radical (unpaired) electrons. The molecule has 1 rings (SSSR count). The van der Waals surface area contributed by atoms with Crippen LogP contribution in [0.25, 0.3) is 0 Å². The average Bonchev–Trinajstić information content (AvgIpc) is 2.45. The first-order valence-electron chi connectivity index (χ1n) is 6.71. The summed E-state index contributed by atoms with van der Waals surface area (Å²) in [6.45, 7) is 4.04. The van der Waals surface area contributed by atoms with E-state index in [1.54, 1.807) is 20.3 Å². The minimum atomic E-state index is -0.416. The number of rotatable bonds is 10. The van der Waals surface area contributed by atoms with Gasteiger partial charge in [-0.15, -0.1) is 0 Å². The zero-order valence-electron chi connectivity index (χ0n) is 12.6. The smallest absolute Gasteiger partial charge is 0.270 e. The van der Waals surface area contributed by atoms with Gasteiger partial charge in [0.1, 0.15) is 11.9 Å². The quantitative estimate of drug-likeness (QED) is 0.402. The molecule has 0 spiro atoms. The van der Waals surface area contributed by atoms with Crippen molar-refractivity contribution in [3.05, 3.63) is 33.9 Å². The Kier molecular flexibility index (Phi) is 7.66. The lowest BCUT2D eigenvalue weighted by Gasteiger charge is -2.17. The molecule has 1 N–H and O–H groups in total. The van der Waals surface area contributed by atoms with Gasteiger partial charge in [-0.05, 0) is 13.0 Å². The van der Waals surface area contributed by atoms with E-state index < -0.39 is 4.92 Å². The van der Waals surface area contributed by atoms with E-state index in [0.29, 0.717) is 32.1 Å². The van der Waals surface area contributed by atoms with E-state index in [9.17, 15) is 10.1 Å². The summed E-state index contributed by atoms with van der Waals surface area (Å²) in [5, 5.41) is 14.0. The Hall–Kier alpha value is -1.70. The Labute approximate surface area is 124 Å². The highest BCUT2D eigenvalue weighted by atomic mass is 16.6. The Morgan fingerprint density at radius 2 is 2.10 bits per heavy atom. The molecule has 1 atom stereocenters. The topological polar surface area (TPSA) is 82.9 Å². The number of ether oxygens (including phenoxy) is 3. The number of nitrogens with zero attached hydrogens (tertiary/aromatic N) is 1. The van der Waals surface area contributed by atoms with Crippen LogP contribution in [-0.2, 0) is 16.0 Å². The summed E-state index contributed by atoms with van der Waals surface area (Å²) in [4.78, 5) is 10.5. The first-order chi connectivity index (χ1) is 10.1.